The molecule has 1 fully saturated rings. The van der Waals surface area contributed by atoms with Crippen LogP contribution in [0, 0.1) is 0 Å². The van der Waals surface area contributed by atoms with Crippen LogP contribution in [0.2, 0.25) is 0 Å². The molecular weight excluding hydrogens is 338 g/mol. The number of hydrogen-bond acceptors (Lipinski definition) is 3. The van der Waals surface area contributed by atoms with E-state index in [1.807, 2.05) is 4.90 Å². The van der Waals surface area contributed by atoms with Crippen LogP contribution in [0.25, 0.3) is 0 Å². The molecule has 150 valence electrons. The van der Waals surface area contributed by atoms with Gasteiger partial charge in [0.2, 0.25) is 5.91 Å². The first-order chi connectivity index (χ1) is 13.1. The number of likely N-dealkylation sites (tertiary alicyclic amines) is 1. The van der Waals surface area contributed by atoms with Crippen molar-refractivity contribution >= 4 is 11.9 Å². The van der Waals surface area contributed by atoms with Crippen LogP contribution in [-0.2, 0) is 11.2 Å². The number of amides is 1. The summed E-state index contributed by atoms with van der Waals surface area (Å²) in [4.78, 5) is 20.6. The van der Waals surface area contributed by atoms with Crippen molar-refractivity contribution in [2.45, 2.75) is 38.6 Å². The Balaban J connectivity index is 1.81. The number of nitrogens with one attached hydrogen (secondary N) is 2. The first-order valence-corrected chi connectivity index (χ1v) is 10.1. The smallest absolute Gasteiger partial charge is 0.222 e. The average molecular weight is 374 g/mol. The molecule has 1 aromatic carbocycles. The lowest BCUT2D eigenvalue weighted by Gasteiger charge is -2.23. The fourth-order valence-corrected chi connectivity index (χ4v) is 3.25. The summed E-state index contributed by atoms with van der Waals surface area (Å²) in [6.45, 7) is 6.22. The Labute approximate surface area is 164 Å². The van der Waals surface area contributed by atoms with Crippen molar-refractivity contribution in [2.24, 2.45) is 4.99 Å². The Hall–Kier alpha value is -2.08. The number of nitrogens with zero attached hydrogens (tertiary/aromatic N) is 3. The Kier molecular flexibility index (Phi) is 9.11. The van der Waals surface area contributed by atoms with Crippen molar-refractivity contribution in [3.63, 3.8) is 0 Å². The molecule has 2 rings (SSSR count). The van der Waals surface area contributed by atoms with Crippen LogP contribution < -0.4 is 10.6 Å². The molecule has 0 bridgehead atoms. The van der Waals surface area contributed by atoms with E-state index < -0.39 is 0 Å². The van der Waals surface area contributed by atoms with E-state index in [2.05, 4.69) is 66.9 Å². The fourth-order valence-electron chi connectivity index (χ4n) is 3.25. The minimum atomic E-state index is 0.297. The van der Waals surface area contributed by atoms with Crippen LogP contribution >= 0.6 is 0 Å². The highest BCUT2D eigenvalue weighted by Crippen LogP contribution is 2.09. The lowest BCUT2D eigenvalue weighted by atomic mass is 10.1. The number of likely N-dealkylation sites (N-methyl/N-ethyl adjacent to an activating group) is 1. The van der Waals surface area contributed by atoms with Gasteiger partial charge in [-0.15, -0.1) is 0 Å². The number of aliphatic imine (C=N–C) groups is 1. The van der Waals surface area contributed by atoms with Crippen molar-refractivity contribution in [2.75, 3.05) is 46.8 Å². The zero-order chi connectivity index (χ0) is 19.5. The molecule has 0 saturated carbocycles. The summed E-state index contributed by atoms with van der Waals surface area (Å²) in [7, 11) is 4.22. The molecule has 6 nitrogen and oxygen atoms in total. The Bertz CT molecular complexity index is 587. The Morgan fingerprint density at radius 2 is 2.04 bits per heavy atom. The number of hydrogen-bond donors (Lipinski definition) is 2. The molecule has 0 radical (unpaired) electrons. The van der Waals surface area contributed by atoms with Crippen LogP contribution in [0.3, 0.4) is 0 Å². The van der Waals surface area contributed by atoms with Crippen molar-refractivity contribution in [3.05, 3.63) is 35.9 Å². The molecule has 0 aliphatic carbocycles. The highest BCUT2D eigenvalue weighted by Gasteiger charge is 2.19. The van der Waals surface area contributed by atoms with Crippen molar-refractivity contribution in [1.29, 1.82) is 0 Å². The summed E-state index contributed by atoms with van der Waals surface area (Å²) < 4.78 is 0. The fraction of sp³-hybridized carbons (Fsp3) is 0.619. The summed E-state index contributed by atoms with van der Waals surface area (Å²) in [5.74, 6) is 1.15. The largest absolute Gasteiger partial charge is 0.357 e. The van der Waals surface area contributed by atoms with Gasteiger partial charge >= 0.3 is 0 Å². The zero-order valence-corrected chi connectivity index (χ0v) is 17.1. The van der Waals surface area contributed by atoms with Crippen LogP contribution in [-0.4, -0.2) is 74.5 Å². The summed E-state index contributed by atoms with van der Waals surface area (Å²) in [5.41, 5.74) is 1.33. The second-order valence-corrected chi connectivity index (χ2v) is 7.29. The maximum absolute atomic E-state index is 11.7. The number of benzene rings is 1. The van der Waals surface area contributed by atoms with Gasteiger partial charge in [-0.2, -0.15) is 0 Å². The predicted molar refractivity (Wildman–Crippen MR) is 112 cm³/mol. The molecule has 1 aliphatic heterocycles. The molecule has 1 heterocycles. The van der Waals surface area contributed by atoms with Gasteiger partial charge in [-0.25, -0.2) is 0 Å². The van der Waals surface area contributed by atoms with Gasteiger partial charge in [0.05, 0.1) is 6.54 Å². The van der Waals surface area contributed by atoms with Gasteiger partial charge in [0.25, 0.3) is 0 Å². The molecule has 1 unspecified atom stereocenters. The number of carbonyl (C=O) groups excluding carboxylic acids is 1. The molecule has 27 heavy (non-hydrogen) atoms. The normalized spacial score (nSPS) is 16.1. The molecule has 1 saturated heterocycles. The topological polar surface area (TPSA) is 60.0 Å². The lowest BCUT2D eigenvalue weighted by Crippen LogP contribution is -2.40. The molecule has 1 aliphatic rings. The number of guanidine groups is 1. The molecule has 2 N–H and O–H groups in total. The predicted octanol–water partition coefficient (Wildman–Crippen LogP) is 1.73. The molecule has 1 atom stereocenters. The quantitative estimate of drug-likeness (QED) is 0.373. The minimum Gasteiger partial charge on any atom is -0.357 e. The van der Waals surface area contributed by atoms with E-state index in [0.29, 0.717) is 18.4 Å². The number of rotatable bonds is 10. The van der Waals surface area contributed by atoms with Gasteiger partial charge in [-0.1, -0.05) is 30.3 Å². The molecule has 0 aromatic heterocycles. The third-order valence-electron chi connectivity index (χ3n) is 4.92. The molecule has 1 aromatic rings. The summed E-state index contributed by atoms with van der Waals surface area (Å²) >= 11 is 0. The maximum atomic E-state index is 11.7. The molecular formula is C21H35N5O. The lowest BCUT2D eigenvalue weighted by molar-refractivity contribution is -0.127. The standard InChI is InChI=1S/C21H35N5O/c1-4-22-21(23-13-9-15-26-14-8-12-20(26)27)24-17-19(25(2)3)16-18-10-6-5-7-11-18/h5-7,10-11,19H,4,8-9,12-17H2,1-3H3,(H2,22,23,24). The van der Waals surface area contributed by atoms with E-state index in [-0.39, 0.29) is 0 Å². The van der Waals surface area contributed by atoms with Gasteiger partial charge < -0.3 is 20.4 Å². The molecule has 0 spiro atoms. The second kappa shape index (κ2) is 11.6. The zero-order valence-electron chi connectivity index (χ0n) is 17.1. The van der Waals surface area contributed by atoms with E-state index in [1.54, 1.807) is 0 Å². The van der Waals surface area contributed by atoms with Gasteiger partial charge in [-0.05, 0) is 45.8 Å². The van der Waals surface area contributed by atoms with Crippen molar-refractivity contribution < 1.29 is 4.79 Å². The summed E-state index contributed by atoms with van der Waals surface area (Å²) in [6.07, 6.45) is 3.64. The SMILES string of the molecule is CCNC(=NCC(Cc1ccccc1)N(C)C)NCCCN1CCCC1=O. The minimum absolute atomic E-state index is 0.297. The van der Waals surface area contributed by atoms with E-state index in [9.17, 15) is 4.79 Å². The first-order valence-electron chi connectivity index (χ1n) is 10.1. The van der Waals surface area contributed by atoms with E-state index >= 15 is 0 Å². The summed E-state index contributed by atoms with van der Waals surface area (Å²) in [5, 5.41) is 6.72. The first kappa shape index (κ1) is 21.2. The van der Waals surface area contributed by atoms with Crippen LogP contribution in [0.1, 0.15) is 31.7 Å². The Morgan fingerprint density at radius 1 is 1.26 bits per heavy atom. The van der Waals surface area contributed by atoms with Crippen molar-refractivity contribution in [3.8, 4) is 0 Å². The third-order valence-corrected chi connectivity index (χ3v) is 4.92. The van der Waals surface area contributed by atoms with E-state index in [0.717, 1.165) is 57.9 Å². The second-order valence-electron chi connectivity index (χ2n) is 7.29. The molecule has 6 heteroatoms. The highest BCUT2D eigenvalue weighted by molar-refractivity contribution is 5.79. The van der Waals surface area contributed by atoms with Gasteiger partial charge in [0.15, 0.2) is 5.96 Å². The summed E-state index contributed by atoms with van der Waals surface area (Å²) in [6, 6.07) is 10.9. The van der Waals surface area contributed by atoms with Crippen LogP contribution in [0.15, 0.2) is 35.3 Å². The average Bonchev–Trinajstić information content (AvgIpc) is 3.07. The van der Waals surface area contributed by atoms with E-state index in [4.69, 9.17) is 4.99 Å². The van der Waals surface area contributed by atoms with Gasteiger partial charge in [0.1, 0.15) is 0 Å². The Morgan fingerprint density at radius 3 is 2.67 bits per heavy atom. The van der Waals surface area contributed by atoms with E-state index in [1.165, 1.54) is 5.56 Å². The van der Waals surface area contributed by atoms with Crippen LogP contribution in [0.5, 0.6) is 0 Å². The van der Waals surface area contributed by atoms with Gasteiger partial charge in [-0.3, -0.25) is 9.79 Å². The highest BCUT2D eigenvalue weighted by atomic mass is 16.2. The van der Waals surface area contributed by atoms with Crippen molar-refractivity contribution in [1.82, 2.24) is 20.4 Å². The number of carbonyl (C=O) groups is 1. The maximum Gasteiger partial charge on any atom is 0.222 e. The van der Waals surface area contributed by atoms with Crippen LogP contribution in [0.4, 0.5) is 0 Å². The van der Waals surface area contributed by atoms with Gasteiger partial charge in [0, 0.05) is 38.6 Å². The monoisotopic (exact) mass is 373 g/mol. The molecule has 1 amide bonds. The third kappa shape index (κ3) is 7.59.